The van der Waals surface area contributed by atoms with E-state index in [1.54, 1.807) is 0 Å². The molecule has 0 spiro atoms. The average Bonchev–Trinajstić information content (AvgIpc) is 2.99. The number of halogens is 1. The Morgan fingerprint density at radius 1 is 1.28 bits per heavy atom. The number of aryl methyl sites for hydroxylation is 1. The molecule has 0 aromatic carbocycles. The molecule has 0 bridgehead atoms. The number of piperidine rings is 1. The zero-order valence-electron chi connectivity index (χ0n) is 18.8. The quantitative estimate of drug-likeness (QED) is 0.213. The molecule has 1 aliphatic rings. The summed E-state index contributed by atoms with van der Waals surface area (Å²) in [7, 11) is 1.98. The van der Waals surface area contributed by atoms with E-state index >= 15 is 0 Å². The summed E-state index contributed by atoms with van der Waals surface area (Å²) in [4.78, 5) is 7.25. The van der Waals surface area contributed by atoms with Gasteiger partial charge >= 0.3 is 0 Å². The summed E-state index contributed by atoms with van der Waals surface area (Å²) in [5.74, 6) is 2.68. The van der Waals surface area contributed by atoms with E-state index in [0.717, 1.165) is 69.7 Å². The highest BCUT2D eigenvalue weighted by atomic mass is 127. The van der Waals surface area contributed by atoms with Crippen LogP contribution in [0, 0.1) is 6.92 Å². The molecule has 2 rings (SSSR count). The molecule has 29 heavy (non-hydrogen) atoms. The first-order chi connectivity index (χ1) is 13.5. The summed E-state index contributed by atoms with van der Waals surface area (Å²) >= 11 is 0. The van der Waals surface area contributed by atoms with Crippen LogP contribution in [0.2, 0.25) is 0 Å². The molecule has 2 N–H and O–H groups in total. The average molecular weight is 521 g/mol. The van der Waals surface area contributed by atoms with Crippen molar-refractivity contribution < 1.29 is 4.74 Å². The van der Waals surface area contributed by atoms with E-state index in [9.17, 15) is 0 Å². The molecule has 2 heterocycles. The molecule has 0 amide bonds. The summed E-state index contributed by atoms with van der Waals surface area (Å²) in [5.41, 5.74) is 0. The number of rotatable bonds is 10. The fourth-order valence-corrected chi connectivity index (χ4v) is 3.19. The predicted octanol–water partition coefficient (Wildman–Crippen LogP) is 2.47. The first kappa shape index (κ1) is 26.1. The van der Waals surface area contributed by atoms with Gasteiger partial charge in [-0.3, -0.25) is 0 Å². The number of hydrogen-bond donors (Lipinski definition) is 2. The second-order valence-corrected chi connectivity index (χ2v) is 7.85. The molecular formula is C20H40IN7O. The smallest absolute Gasteiger partial charge is 0.191 e. The van der Waals surface area contributed by atoms with E-state index in [1.807, 2.05) is 18.5 Å². The van der Waals surface area contributed by atoms with Crippen molar-refractivity contribution in [3.63, 3.8) is 0 Å². The third kappa shape index (κ3) is 9.61. The monoisotopic (exact) mass is 521 g/mol. The van der Waals surface area contributed by atoms with E-state index in [1.165, 1.54) is 6.42 Å². The minimum absolute atomic E-state index is 0. The van der Waals surface area contributed by atoms with Crippen molar-refractivity contribution in [1.82, 2.24) is 30.3 Å². The number of unbranched alkanes of at least 4 members (excludes halogenated alkanes) is 1. The van der Waals surface area contributed by atoms with Crippen LogP contribution in [0.4, 0.5) is 0 Å². The Bertz CT molecular complexity index is 598. The molecule has 1 fully saturated rings. The van der Waals surface area contributed by atoms with Gasteiger partial charge in [-0.05, 0) is 40.0 Å². The van der Waals surface area contributed by atoms with Gasteiger partial charge in [0.05, 0.1) is 12.7 Å². The second-order valence-electron chi connectivity index (χ2n) is 7.85. The zero-order chi connectivity index (χ0) is 20.4. The van der Waals surface area contributed by atoms with Crippen molar-refractivity contribution in [3.05, 3.63) is 11.6 Å². The summed E-state index contributed by atoms with van der Waals surface area (Å²) < 4.78 is 7.67. The normalized spacial score (nSPS) is 16.1. The van der Waals surface area contributed by atoms with Crippen LogP contribution >= 0.6 is 24.0 Å². The number of guanidine groups is 1. The molecule has 1 aromatic rings. The lowest BCUT2D eigenvalue weighted by atomic mass is 10.1. The Morgan fingerprint density at radius 2 is 2.00 bits per heavy atom. The van der Waals surface area contributed by atoms with E-state index < -0.39 is 0 Å². The van der Waals surface area contributed by atoms with Crippen molar-refractivity contribution in [2.24, 2.45) is 12.0 Å². The number of nitrogens with zero attached hydrogens (tertiary/aromatic N) is 5. The van der Waals surface area contributed by atoms with Gasteiger partial charge in [0.15, 0.2) is 11.8 Å². The lowest BCUT2D eigenvalue weighted by Gasteiger charge is -2.33. The topological polar surface area (TPSA) is 79.6 Å². The fourth-order valence-electron chi connectivity index (χ4n) is 3.19. The van der Waals surface area contributed by atoms with E-state index in [2.05, 4.69) is 46.5 Å². The fraction of sp³-hybridized carbons (Fsp3) is 0.850. The lowest BCUT2D eigenvalue weighted by Crippen LogP contribution is -2.49. The van der Waals surface area contributed by atoms with Gasteiger partial charge in [0.1, 0.15) is 12.4 Å². The molecule has 0 radical (unpaired) electrons. The Kier molecular flexibility index (Phi) is 12.7. The SMILES string of the molecule is CCCCNC(=NCc1nnc(C)n1C)NC1CCN(CCOC(C)C)CC1.I. The van der Waals surface area contributed by atoms with Crippen molar-refractivity contribution in [2.45, 2.75) is 72.1 Å². The summed E-state index contributed by atoms with van der Waals surface area (Å²) in [6, 6.07) is 0.455. The van der Waals surface area contributed by atoms with Crippen molar-refractivity contribution in [2.75, 3.05) is 32.8 Å². The first-order valence-corrected chi connectivity index (χ1v) is 10.7. The van der Waals surface area contributed by atoms with Crippen molar-refractivity contribution in [1.29, 1.82) is 0 Å². The Hall–Kier alpha value is -0.940. The predicted molar refractivity (Wildman–Crippen MR) is 129 cm³/mol. The Labute approximate surface area is 193 Å². The molecule has 1 aromatic heterocycles. The largest absolute Gasteiger partial charge is 0.377 e. The van der Waals surface area contributed by atoms with E-state index in [-0.39, 0.29) is 24.0 Å². The van der Waals surface area contributed by atoms with Crippen molar-refractivity contribution >= 4 is 29.9 Å². The molecule has 0 aliphatic carbocycles. The Morgan fingerprint density at radius 3 is 2.59 bits per heavy atom. The number of hydrogen-bond acceptors (Lipinski definition) is 5. The molecule has 0 saturated carbocycles. The number of aromatic nitrogens is 3. The van der Waals surface area contributed by atoms with Crippen LogP contribution < -0.4 is 10.6 Å². The van der Waals surface area contributed by atoms with Crippen LogP contribution in [-0.4, -0.2) is 70.6 Å². The molecule has 1 saturated heterocycles. The van der Waals surface area contributed by atoms with Crippen LogP contribution in [0.1, 0.15) is 58.1 Å². The van der Waals surface area contributed by atoms with Gasteiger partial charge < -0.3 is 24.8 Å². The lowest BCUT2D eigenvalue weighted by molar-refractivity contribution is 0.0532. The van der Waals surface area contributed by atoms with Crippen LogP contribution in [0.5, 0.6) is 0 Å². The van der Waals surface area contributed by atoms with Crippen LogP contribution in [-0.2, 0) is 18.3 Å². The highest BCUT2D eigenvalue weighted by Gasteiger charge is 2.20. The summed E-state index contributed by atoms with van der Waals surface area (Å²) in [6.45, 7) is 13.8. The third-order valence-corrected chi connectivity index (χ3v) is 5.17. The number of aliphatic imine (C=N–C) groups is 1. The van der Waals surface area contributed by atoms with Crippen molar-refractivity contribution in [3.8, 4) is 0 Å². The Balaban J connectivity index is 0.00000420. The van der Waals surface area contributed by atoms with Gasteiger partial charge in [0, 0.05) is 39.3 Å². The number of nitrogens with one attached hydrogen (secondary N) is 2. The summed E-state index contributed by atoms with van der Waals surface area (Å²) in [6.07, 6.45) is 4.86. The maximum atomic E-state index is 5.68. The van der Waals surface area contributed by atoms with E-state index in [0.29, 0.717) is 18.7 Å². The molecule has 0 atom stereocenters. The minimum atomic E-state index is 0. The molecule has 8 nitrogen and oxygen atoms in total. The van der Waals surface area contributed by atoms with Crippen LogP contribution in [0.3, 0.4) is 0 Å². The first-order valence-electron chi connectivity index (χ1n) is 10.7. The van der Waals surface area contributed by atoms with Gasteiger partial charge in [0.25, 0.3) is 0 Å². The van der Waals surface area contributed by atoms with Crippen LogP contribution in [0.25, 0.3) is 0 Å². The van der Waals surface area contributed by atoms with Crippen LogP contribution in [0.15, 0.2) is 4.99 Å². The molecule has 9 heteroatoms. The number of likely N-dealkylation sites (tertiary alicyclic amines) is 1. The van der Waals surface area contributed by atoms with E-state index in [4.69, 9.17) is 9.73 Å². The van der Waals surface area contributed by atoms with Gasteiger partial charge in [-0.2, -0.15) is 0 Å². The number of ether oxygens (including phenoxy) is 1. The second kappa shape index (κ2) is 14.1. The standard InChI is InChI=1S/C20H39N7O.HI/c1-6-7-10-21-20(22-15-19-25-24-17(4)26(19)5)23-18-8-11-27(12-9-18)13-14-28-16(2)3;/h16,18H,6-15H2,1-5H3,(H2,21,22,23);1H. The third-order valence-electron chi connectivity index (χ3n) is 5.17. The molecular weight excluding hydrogens is 481 g/mol. The van der Waals surface area contributed by atoms with Gasteiger partial charge in [0.2, 0.25) is 0 Å². The van der Waals surface area contributed by atoms with Gasteiger partial charge in [-0.1, -0.05) is 13.3 Å². The van der Waals surface area contributed by atoms with Gasteiger partial charge in [-0.25, -0.2) is 4.99 Å². The highest BCUT2D eigenvalue weighted by molar-refractivity contribution is 14.0. The maximum absolute atomic E-state index is 5.68. The molecule has 0 unspecified atom stereocenters. The summed E-state index contributed by atoms with van der Waals surface area (Å²) in [5, 5.41) is 15.4. The highest BCUT2D eigenvalue weighted by Crippen LogP contribution is 2.10. The zero-order valence-corrected chi connectivity index (χ0v) is 21.1. The van der Waals surface area contributed by atoms with Gasteiger partial charge in [-0.15, -0.1) is 34.2 Å². The maximum Gasteiger partial charge on any atom is 0.191 e. The molecule has 168 valence electrons. The minimum Gasteiger partial charge on any atom is -0.377 e. The molecule has 1 aliphatic heterocycles.